The van der Waals surface area contributed by atoms with Crippen LogP contribution in [-0.4, -0.2) is 66.3 Å². The van der Waals surface area contributed by atoms with Crippen molar-refractivity contribution in [3.8, 4) is 17.2 Å². The van der Waals surface area contributed by atoms with Crippen molar-refractivity contribution >= 4 is 54.1 Å². The Morgan fingerprint density at radius 3 is 1.72 bits per heavy atom. The molecule has 0 fully saturated rings. The second kappa shape index (κ2) is 14.8. The molecule has 0 aliphatic heterocycles. The van der Waals surface area contributed by atoms with Crippen LogP contribution < -0.4 is 22.8 Å². The van der Waals surface area contributed by atoms with Gasteiger partial charge in [0.2, 0.25) is 0 Å². The van der Waals surface area contributed by atoms with Crippen LogP contribution in [0, 0.1) is 0 Å². The Labute approximate surface area is 288 Å². The molecule has 5 rings (SSSR count). The number of hydrogen-bond donors (Lipinski definition) is 2. The van der Waals surface area contributed by atoms with Gasteiger partial charge in [0, 0.05) is 6.07 Å². The summed E-state index contributed by atoms with van der Waals surface area (Å²) in [6.07, 6.45) is 0. The van der Waals surface area contributed by atoms with Gasteiger partial charge in [-0.3, -0.25) is 18.2 Å². The van der Waals surface area contributed by atoms with Gasteiger partial charge < -0.3 is 24.4 Å². The molecule has 0 unspecified atom stereocenters. The number of rotatable bonds is 15. The average molecular weight is 721 g/mol. The Morgan fingerprint density at radius 2 is 1.16 bits per heavy atom. The zero-order valence-electron chi connectivity index (χ0n) is 26.8. The Balaban J connectivity index is 1.67. The highest BCUT2D eigenvalue weighted by Gasteiger charge is 2.32. The number of hydrogen-bond acceptors (Lipinski definition) is 9. The fourth-order valence-corrected chi connectivity index (χ4v) is 7.99. The highest BCUT2D eigenvalue weighted by Crippen LogP contribution is 2.38. The largest absolute Gasteiger partial charge is 0.497 e. The van der Waals surface area contributed by atoms with Crippen LogP contribution in [0.3, 0.4) is 0 Å². The number of aliphatic carboxylic acids is 2. The van der Waals surface area contributed by atoms with Crippen LogP contribution in [0.15, 0.2) is 119 Å². The van der Waals surface area contributed by atoms with Gasteiger partial charge in [-0.05, 0) is 77.0 Å². The molecule has 260 valence electrons. The molecule has 2 N–H and O–H groups in total. The SMILES string of the molecule is COc1ccc(S(=O)(=O)N(CC(=O)O)c2ccc(N(CC(=O)O)S(=O)(=O)c3ccc(OC)cc3)c(OCc3cccc4ccccc34)c2)cc1. The second-order valence-corrected chi connectivity index (χ2v) is 14.5. The number of nitrogens with zero attached hydrogens (tertiary/aromatic N) is 2. The molecule has 0 aromatic heterocycles. The van der Waals surface area contributed by atoms with Crippen LogP contribution in [0.4, 0.5) is 11.4 Å². The van der Waals surface area contributed by atoms with Crippen LogP contribution in [-0.2, 0) is 36.2 Å². The predicted octanol–water partition coefficient (Wildman–Crippen LogP) is 5.00. The lowest BCUT2D eigenvalue weighted by Crippen LogP contribution is -2.37. The van der Waals surface area contributed by atoms with Gasteiger partial charge in [0.05, 0.1) is 35.4 Å². The van der Waals surface area contributed by atoms with Crippen molar-refractivity contribution in [2.75, 3.05) is 35.9 Å². The molecule has 15 heteroatoms. The molecule has 0 saturated heterocycles. The van der Waals surface area contributed by atoms with Crippen LogP contribution in [0.25, 0.3) is 10.8 Å². The summed E-state index contributed by atoms with van der Waals surface area (Å²) < 4.78 is 73.4. The van der Waals surface area contributed by atoms with E-state index in [2.05, 4.69) is 0 Å². The Bertz CT molecular complexity index is 2240. The molecule has 13 nitrogen and oxygen atoms in total. The zero-order chi connectivity index (χ0) is 36.1. The number of anilines is 2. The summed E-state index contributed by atoms with van der Waals surface area (Å²) in [5, 5.41) is 21.3. The van der Waals surface area contributed by atoms with Gasteiger partial charge in [-0.25, -0.2) is 16.8 Å². The lowest BCUT2D eigenvalue weighted by molar-refractivity contribution is -0.136. The highest BCUT2D eigenvalue weighted by atomic mass is 32.2. The topological polar surface area (TPSA) is 177 Å². The Morgan fingerprint density at radius 1 is 0.640 bits per heavy atom. The molecule has 0 atom stereocenters. The molecular weight excluding hydrogens is 689 g/mol. The monoisotopic (exact) mass is 720 g/mol. The number of carboxylic acid groups (broad SMARTS) is 2. The average Bonchev–Trinajstić information content (AvgIpc) is 3.11. The first-order valence-electron chi connectivity index (χ1n) is 14.9. The smallest absolute Gasteiger partial charge is 0.324 e. The minimum atomic E-state index is -4.57. The number of ether oxygens (including phenoxy) is 3. The van der Waals surface area contributed by atoms with E-state index in [1.54, 1.807) is 12.1 Å². The van der Waals surface area contributed by atoms with Gasteiger partial charge in [0.15, 0.2) is 0 Å². The molecule has 0 heterocycles. The molecule has 0 amide bonds. The summed E-state index contributed by atoms with van der Waals surface area (Å²) in [6, 6.07) is 27.1. The van der Waals surface area contributed by atoms with Gasteiger partial charge in [0.25, 0.3) is 20.0 Å². The first-order chi connectivity index (χ1) is 23.8. The highest BCUT2D eigenvalue weighted by molar-refractivity contribution is 7.93. The number of carboxylic acids is 2. The molecule has 0 aliphatic carbocycles. The third-order valence-corrected chi connectivity index (χ3v) is 11.2. The van der Waals surface area contributed by atoms with Crippen molar-refractivity contribution in [2.24, 2.45) is 0 Å². The predicted molar refractivity (Wildman–Crippen MR) is 185 cm³/mol. The first-order valence-corrected chi connectivity index (χ1v) is 17.7. The maximum absolute atomic E-state index is 14.0. The van der Waals surface area contributed by atoms with E-state index in [-0.39, 0.29) is 33.5 Å². The summed E-state index contributed by atoms with van der Waals surface area (Å²) in [5.41, 5.74) is 0.275. The third kappa shape index (κ3) is 7.58. The van der Waals surface area contributed by atoms with Crippen LogP contribution in [0.2, 0.25) is 0 Å². The molecule has 5 aromatic carbocycles. The number of methoxy groups -OCH3 is 2. The van der Waals surface area contributed by atoms with E-state index in [9.17, 15) is 36.6 Å². The van der Waals surface area contributed by atoms with Crippen LogP contribution in [0.1, 0.15) is 5.56 Å². The minimum Gasteiger partial charge on any atom is -0.497 e. The lowest BCUT2D eigenvalue weighted by atomic mass is 10.1. The standard InChI is InChI=1S/C35H32N2O11S2/c1-46-27-11-15-29(16-12-27)49(42,43)36(21-34(38)39)26-10-19-32(33(20-26)48-23-25-8-5-7-24-6-3-4-9-31(24)25)37(22-35(40)41)50(44,45)30-17-13-28(47-2)14-18-30/h3-20H,21-23H2,1-2H3,(H,38,39)(H,40,41). The zero-order valence-corrected chi connectivity index (χ0v) is 28.4. The van der Waals surface area contributed by atoms with Gasteiger partial charge in [-0.15, -0.1) is 0 Å². The molecule has 50 heavy (non-hydrogen) atoms. The van der Waals surface area contributed by atoms with Gasteiger partial charge in [0.1, 0.15) is 36.9 Å². The fourth-order valence-electron chi connectivity index (χ4n) is 5.16. The normalized spacial score (nSPS) is 11.5. The van der Waals surface area contributed by atoms with Crippen molar-refractivity contribution in [2.45, 2.75) is 16.4 Å². The summed E-state index contributed by atoms with van der Waals surface area (Å²) in [5.74, 6) is -2.44. The van der Waals surface area contributed by atoms with E-state index >= 15 is 0 Å². The van der Waals surface area contributed by atoms with Crippen molar-refractivity contribution in [1.82, 2.24) is 0 Å². The molecule has 0 radical (unpaired) electrons. The van der Waals surface area contributed by atoms with Crippen LogP contribution >= 0.6 is 0 Å². The van der Waals surface area contributed by atoms with Gasteiger partial charge in [-0.2, -0.15) is 0 Å². The quantitative estimate of drug-likeness (QED) is 0.149. The van der Waals surface area contributed by atoms with Crippen molar-refractivity contribution in [1.29, 1.82) is 0 Å². The van der Waals surface area contributed by atoms with E-state index in [4.69, 9.17) is 14.2 Å². The summed E-state index contributed by atoms with van der Waals surface area (Å²) in [4.78, 5) is 23.6. The maximum Gasteiger partial charge on any atom is 0.324 e. The summed E-state index contributed by atoms with van der Waals surface area (Å²) in [6.45, 7) is -2.17. The number of sulfonamides is 2. The van der Waals surface area contributed by atoms with E-state index in [1.165, 1.54) is 80.9 Å². The van der Waals surface area contributed by atoms with Crippen LogP contribution in [0.5, 0.6) is 17.2 Å². The second-order valence-electron chi connectivity index (χ2n) is 10.7. The molecule has 0 bridgehead atoms. The van der Waals surface area contributed by atoms with Gasteiger partial charge >= 0.3 is 11.9 Å². The maximum atomic E-state index is 14.0. The molecular formula is C35H32N2O11S2. The fraction of sp³-hybridized carbons (Fsp3) is 0.143. The number of benzene rings is 5. The summed E-state index contributed by atoms with van der Waals surface area (Å²) >= 11 is 0. The Hall–Kier alpha value is -5.80. The van der Waals surface area contributed by atoms with E-state index in [1.807, 2.05) is 30.3 Å². The first kappa shape index (κ1) is 35.5. The molecule has 0 saturated carbocycles. The van der Waals surface area contributed by atoms with Crippen molar-refractivity contribution in [3.05, 3.63) is 115 Å². The molecule has 5 aromatic rings. The Kier molecular flexibility index (Phi) is 10.5. The number of fused-ring (bicyclic) bond motifs is 1. The van der Waals surface area contributed by atoms with E-state index < -0.39 is 45.1 Å². The van der Waals surface area contributed by atoms with E-state index in [0.29, 0.717) is 25.7 Å². The lowest BCUT2D eigenvalue weighted by Gasteiger charge is -2.28. The summed E-state index contributed by atoms with van der Waals surface area (Å²) in [7, 11) is -6.27. The third-order valence-electron chi connectivity index (χ3n) is 7.62. The number of carbonyl (C=O) groups is 2. The minimum absolute atomic E-state index is 0.147. The van der Waals surface area contributed by atoms with Crippen molar-refractivity contribution in [3.63, 3.8) is 0 Å². The van der Waals surface area contributed by atoms with Crippen molar-refractivity contribution < 1.29 is 50.8 Å². The van der Waals surface area contributed by atoms with Gasteiger partial charge in [-0.1, -0.05) is 42.5 Å². The molecule has 0 spiro atoms. The molecule has 0 aliphatic rings. The van der Waals surface area contributed by atoms with E-state index in [0.717, 1.165) is 10.8 Å².